The minimum atomic E-state index is -0.960. The number of amidine groups is 1. The Balaban J connectivity index is 0.000000135. The highest BCUT2D eigenvalue weighted by molar-refractivity contribution is 8.15. The third-order valence-corrected chi connectivity index (χ3v) is 18.7. The van der Waals surface area contributed by atoms with Gasteiger partial charge in [0.2, 0.25) is 5.91 Å². The minimum Gasteiger partial charge on any atom is -0.480 e. The number of fused-ring (bicyclic) bond motifs is 2. The van der Waals surface area contributed by atoms with E-state index in [9.17, 15) is 34.2 Å². The smallest absolute Gasteiger partial charge is 0.429 e. The molecule has 1 atom stereocenters. The molecular formula is C59H53Cl2N5O9S3. The van der Waals surface area contributed by atoms with Gasteiger partial charge in [0, 0.05) is 22.3 Å². The summed E-state index contributed by atoms with van der Waals surface area (Å²) in [4.78, 5) is 72.7. The van der Waals surface area contributed by atoms with Crippen molar-refractivity contribution in [2.45, 2.75) is 93.1 Å². The van der Waals surface area contributed by atoms with Gasteiger partial charge in [0.15, 0.2) is 10.8 Å². The van der Waals surface area contributed by atoms with E-state index >= 15 is 0 Å². The molecular weight excluding hydrogens is 1090 g/mol. The van der Waals surface area contributed by atoms with Crippen molar-refractivity contribution in [3.63, 3.8) is 0 Å². The molecule has 4 aromatic carbocycles. The molecule has 0 spiro atoms. The fourth-order valence-corrected chi connectivity index (χ4v) is 15.1. The predicted molar refractivity (Wildman–Crippen MR) is 304 cm³/mol. The summed E-state index contributed by atoms with van der Waals surface area (Å²) in [5.41, 5.74) is 6.62. The number of carboxylic acids is 2. The van der Waals surface area contributed by atoms with E-state index in [-0.39, 0.29) is 23.4 Å². The number of benzene rings is 4. The Kier molecular flexibility index (Phi) is 16.9. The van der Waals surface area contributed by atoms with Crippen molar-refractivity contribution < 1.29 is 38.5 Å². The monoisotopic (exact) mass is 1140 g/mol. The van der Waals surface area contributed by atoms with Crippen molar-refractivity contribution in [1.82, 2.24) is 14.5 Å². The third-order valence-electron chi connectivity index (χ3n) is 15.1. The van der Waals surface area contributed by atoms with E-state index in [2.05, 4.69) is 17.1 Å². The Morgan fingerprint density at radius 3 is 2.18 bits per heavy atom. The second-order valence-corrected chi connectivity index (χ2v) is 24.4. The first kappa shape index (κ1) is 54.7. The summed E-state index contributed by atoms with van der Waals surface area (Å²) in [5.74, 6) is 0.775. The number of aliphatic imine (C=N–C) groups is 1. The largest absolute Gasteiger partial charge is 0.480 e. The number of aromatic nitrogens is 2. The lowest BCUT2D eigenvalue weighted by Crippen LogP contribution is -2.49. The second kappa shape index (κ2) is 24.1. The Morgan fingerprint density at radius 1 is 0.859 bits per heavy atom. The fourth-order valence-electron chi connectivity index (χ4n) is 12.0. The molecule has 78 heavy (non-hydrogen) atoms. The van der Waals surface area contributed by atoms with Crippen LogP contribution in [-0.2, 0) is 28.2 Å². The molecule has 5 fully saturated rings. The summed E-state index contributed by atoms with van der Waals surface area (Å²) in [7, 11) is 0. The van der Waals surface area contributed by atoms with Gasteiger partial charge in [-0.05, 0) is 189 Å². The number of halogens is 2. The van der Waals surface area contributed by atoms with Crippen LogP contribution in [0.4, 0.5) is 10.5 Å². The van der Waals surface area contributed by atoms with Crippen molar-refractivity contribution in [2.75, 3.05) is 6.54 Å². The summed E-state index contributed by atoms with van der Waals surface area (Å²) >= 11 is 16.1. The zero-order valence-corrected chi connectivity index (χ0v) is 46.1. The second-order valence-electron chi connectivity index (χ2n) is 20.4. The van der Waals surface area contributed by atoms with Gasteiger partial charge in [-0.25, -0.2) is 24.4 Å². The van der Waals surface area contributed by atoms with E-state index in [1.165, 1.54) is 74.2 Å². The van der Waals surface area contributed by atoms with Gasteiger partial charge in [-0.2, -0.15) is 9.83 Å². The third kappa shape index (κ3) is 12.6. The number of rotatable bonds is 11. The molecule has 19 heteroatoms. The van der Waals surface area contributed by atoms with Crippen LogP contribution in [0, 0.1) is 34.5 Å². The van der Waals surface area contributed by atoms with Gasteiger partial charge in [0.25, 0.3) is 0 Å². The van der Waals surface area contributed by atoms with Crippen LogP contribution < -0.4 is 10.5 Å². The summed E-state index contributed by atoms with van der Waals surface area (Å²) in [6, 6.07) is 33.6. The first-order chi connectivity index (χ1) is 37.7. The number of thioether (sulfide) groups is 2. The minimum absolute atomic E-state index is 0.0283. The number of carboxylic acid groups (broad SMARTS) is 2. The maximum absolute atomic E-state index is 12.9. The Labute approximate surface area is 472 Å². The number of hydrogen-bond acceptors (Lipinski definition) is 13. The maximum Gasteiger partial charge on any atom is 0.429 e. The highest BCUT2D eigenvalue weighted by atomic mass is 35.5. The number of amides is 1. The van der Waals surface area contributed by atoms with Crippen molar-refractivity contribution in [3.8, 4) is 22.4 Å². The zero-order valence-electron chi connectivity index (χ0n) is 42.1. The lowest BCUT2D eigenvalue weighted by Gasteiger charge is -2.57. The van der Waals surface area contributed by atoms with Gasteiger partial charge < -0.3 is 19.4 Å². The maximum atomic E-state index is 12.9. The number of aliphatic carboxylic acids is 1. The first-order valence-electron chi connectivity index (χ1n) is 25.8. The van der Waals surface area contributed by atoms with Crippen LogP contribution in [0.5, 0.6) is 5.75 Å². The van der Waals surface area contributed by atoms with E-state index in [1.54, 1.807) is 89.0 Å². The molecule has 6 aliphatic rings. The highest BCUT2D eigenvalue weighted by Crippen LogP contribution is 2.61. The van der Waals surface area contributed by atoms with Gasteiger partial charge in [-0.1, -0.05) is 71.4 Å². The van der Waals surface area contributed by atoms with Gasteiger partial charge >= 0.3 is 23.8 Å². The molecule has 7 aromatic rings. The quantitative estimate of drug-likeness (QED) is 0.116. The molecule has 5 aliphatic carbocycles. The molecule has 1 amide bonds. The Bertz CT molecular complexity index is 3470. The SMILES string of the molecule is N#Cc1ccc(CSc2nc(-c3cccs3)c3c(c2C(=O)O)CCCC3)cc1.O=C(O)C1CC(=O)N(CCC23CC4CC(CC(C4)C2)C3)C(=Nc2ccc(Cl)cc2)S1.O=C(Oc1ccccc1)n1c(=O)oc2ccc(Cl)cc21. The predicted octanol–water partition coefficient (Wildman–Crippen LogP) is 14.2. The number of nitriles is 1. The number of carbonyl (C=O) groups is 4. The number of hydrogen-bond donors (Lipinski definition) is 2. The van der Waals surface area contributed by atoms with E-state index in [0.29, 0.717) is 60.5 Å². The van der Waals surface area contributed by atoms with E-state index < -0.39 is 29.0 Å². The van der Waals surface area contributed by atoms with Crippen molar-refractivity contribution in [2.24, 2.45) is 28.2 Å². The highest BCUT2D eigenvalue weighted by Gasteiger charge is 2.51. The lowest BCUT2D eigenvalue weighted by molar-refractivity contribution is -0.139. The normalized spacial score (nSPS) is 21.4. The van der Waals surface area contributed by atoms with E-state index in [4.69, 9.17) is 42.6 Å². The number of nitrogens with zero attached hydrogens (tertiary/aromatic N) is 5. The molecule has 2 N–H and O–H groups in total. The molecule has 4 bridgehead atoms. The number of oxazole rings is 1. The molecule has 1 unspecified atom stereocenters. The number of ether oxygens (including phenoxy) is 1. The number of pyridine rings is 1. The van der Waals surface area contributed by atoms with Crippen LogP contribution in [0.15, 0.2) is 134 Å². The van der Waals surface area contributed by atoms with Crippen LogP contribution >= 0.6 is 58.1 Å². The molecule has 4 saturated carbocycles. The van der Waals surface area contributed by atoms with Gasteiger partial charge in [0.1, 0.15) is 21.5 Å². The molecule has 4 heterocycles. The molecule has 0 radical (unpaired) electrons. The molecule has 14 nitrogen and oxygen atoms in total. The molecule has 400 valence electrons. The average Bonchev–Trinajstić information content (AvgIpc) is 4.11. The summed E-state index contributed by atoms with van der Waals surface area (Å²) in [6.07, 6.45) is 12.1. The zero-order chi connectivity index (χ0) is 54.5. The summed E-state index contributed by atoms with van der Waals surface area (Å²) < 4.78 is 10.9. The molecule has 1 aliphatic heterocycles. The van der Waals surface area contributed by atoms with Gasteiger partial charge in [0.05, 0.1) is 39.9 Å². The van der Waals surface area contributed by atoms with Crippen molar-refractivity contribution in [1.29, 1.82) is 5.26 Å². The van der Waals surface area contributed by atoms with Crippen molar-refractivity contribution >= 4 is 104 Å². The molecule has 1 saturated heterocycles. The lowest BCUT2D eigenvalue weighted by atomic mass is 9.49. The number of aromatic carboxylic acids is 1. The van der Waals surface area contributed by atoms with Crippen molar-refractivity contribution in [3.05, 3.63) is 163 Å². The van der Waals surface area contributed by atoms with Crippen LogP contribution in [0.1, 0.15) is 96.8 Å². The fraction of sp³-hybridized carbons (Fsp3) is 0.322. The number of para-hydroxylation sites is 1. The molecule has 3 aromatic heterocycles. The summed E-state index contributed by atoms with van der Waals surface area (Å²) in [5, 5.41) is 31.7. The van der Waals surface area contributed by atoms with E-state index in [0.717, 1.165) is 81.7 Å². The topological polar surface area (TPSA) is 205 Å². The van der Waals surface area contributed by atoms with E-state index in [1.807, 2.05) is 23.6 Å². The number of thiophene rings is 1. The Hall–Kier alpha value is -6.68. The van der Waals surface area contributed by atoms with Crippen LogP contribution in [-0.4, -0.2) is 65.6 Å². The standard InChI is InChI=1S/C23H27ClN2O3S.C22H18N2O2S2.C14H8ClNO4/c24-17-1-3-18(4-2-17)25-22-26(20(27)10-19(30-22)21(28)29)6-5-23-11-14-7-15(12-23)9-16(8-14)13-23;23-12-14-7-9-15(10-8-14)13-28-21-19(22(25)26)16-4-1-2-5-17(16)20(24-21)18-6-3-11-27-18;15-9-6-7-12-11(8-9)16(14(18)20-12)13(17)19-10-4-2-1-3-5-10/h1-4,14-16,19H,5-13H2,(H,28,29);3,6-11H,1-2,4-5,13H2,(H,25,26);1-8H. The van der Waals surface area contributed by atoms with Gasteiger partial charge in [-0.3, -0.25) is 14.5 Å². The van der Waals surface area contributed by atoms with Crippen LogP contribution in [0.2, 0.25) is 10.0 Å². The van der Waals surface area contributed by atoms with Crippen LogP contribution in [0.25, 0.3) is 21.7 Å². The van der Waals surface area contributed by atoms with Gasteiger partial charge in [-0.15, -0.1) is 23.1 Å². The average molecular weight is 1140 g/mol. The molecule has 13 rings (SSSR count). The van der Waals surface area contributed by atoms with Crippen LogP contribution in [0.3, 0.4) is 0 Å². The number of carbonyl (C=O) groups excluding carboxylic acids is 2. The first-order valence-corrected chi connectivity index (χ1v) is 29.3. The Morgan fingerprint density at radius 2 is 1.54 bits per heavy atom. The summed E-state index contributed by atoms with van der Waals surface area (Å²) in [6.45, 7) is 0.636.